The molecule has 2 aromatic rings. The summed E-state index contributed by atoms with van der Waals surface area (Å²) in [5.74, 6) is -0.595. The van der Waals surface area contributed by atoms with Gasteiger partial charge in [-0.3, -0.25) is 19.8 Å². The van der Waals surface area contributed by atoms with Crippen LogP contribution in [0.3, 0.4) is 0 Å². The zero-order valence-electron chi connectivity index (χ0n) is 14.9. The highest BCUT2D eigenvalue weighted by Gasteiger charge is 2.24. The molecular formula is C18H24N4O3S. The van der Waals surface area contributed by atoms with Crippen LogP contribution in [-0.2, 0) is 9.59 Å². The van der Waals surface area contributed by atoms with Gasteiger partial charge in [0.2, 0.25) is 0 Å². The minimum Gasteiger partial charge on any atom is -0.360 e. The number of hydrogen-bond donors (Lipinski definition) is 2. The van der Waals surface area contributed by atoms with Crippen molar-refractivity contribution >= 4 is 29.0 Å². The molecule has 0 saturated carbocycles. The zero-order valence-corrected chi connectivity index (χ0v) is 15.7. The van der Waals surface area contributed by atoms with E-state index in [0.29, 0.717) is 12.3 Å². The van der Waals surface area contributed by atoms with E-state index in [1.54, 1.807) is 24.3 Å². The van der Waals surface area contributed by atoms with Crippen LogP contribution >= 0.6 is 11.3 Å². The molecular weight excluding hydrogens is 352 g/mol. The third-order valence-corrected chi connectivity index (χ3v) is 5.24. The molecule has 2 N–H and O–H groups in total. The number of carbonyl (C=O) groups excluding carboxylic acids is 2. The Morgan fingerprint density at radius 3 is 2.65 bits per heavy atom. The Balaban J connectivity index is 1.59. The number of nitrogens with one attached hydrogen (secondary N) is 2. The summed E-state index contributed by atoms with van der Waals surface area (Å²) in [5, 5.41) is 13.0. The van der Waals surface area contributed by atoms with Crippen molar-refractivity contribution in [2.24, 2.45) is 0 Å². The molecule has 1 saturated heterocycles. The van der Waals surface area contributed by atoms with E-state index in [-0.39, 0.29) is 11.9 Å². The van der Waals surface area contributed by atoms with E-state index >= 15 is 0 Å². The monoisotopic (exact) mass is 376 g/mol. The molecule has 1 aliphatic rings. The zero-order chi connectivity index (χ0) is 18.4. The molecule has 2 amide bonds. The maximum atomic E-state index is 12.2. The molecule has 1 aliphatic heterocycles. The van der Waals surface area contributed by atoms with Crippen LogP contribution < -0.4 is 10.6 Å². The van der Waals surface area contributed by atoms with E-state index in [2.05, 4.69) is 32.1 Å². The van der Waals surface area contributed by atoms with Crippen molar-refractivity contribution in [3.8, 4) is 0 Å². The lowest BCUT2D eigenvalue weighted by molar-refractivity contribution is -0.136. The number of amides is 2. The topological polar surface area (TPSA) is 87.5 Å². The van der Waals surface area contributed by atoms with Gasteiger partial charge in [-0.1, -0.05) is 18.0 Å². The number of aromatic nitrogens is 1. The number of rotatable bonds is 5. The van der Waals surface area contributed by atoms with Crippen LogP contribution in [0.15, 0.2) is 27.4 Å². The Bertz CT molecular complexity index is 721. The first-order valence-electron chi connectivity index (χ1n) is 8.92. The third kappa shape index (κ3) is 4.92. The quantitative estimate of drug-likeness (QED) is 0.784. The van der Waals surface area contributed by atoms with Crippen LogP contribution in [-0.4, -0.2) is 41.5 Å². The van der Waals surface area contributed by atoms with E-state index in [4.69, 9.17) is 4.52 Å². The summed E-state index contributed by atoms with van der Waals surface area (Å²) in [6, 6.07) is 3.74. The first kappa shape index (κ1) is 18.6. The molecule has 1 fully saturated rings. The lowest BCUT2D eigenvalue weighted by Crippen LogP contribution is -2.42. The van der Waals surface area contributed by atoms with Crippen molar-refractivity contribution in [2.75, 3.05) is 25.0 Å². The van der Waals surface area contributed by atoms with Crippen molar-refractivity contribution in [1.82, 2.24) is 15.4 Å². The van der Waals surface area contributed by atoms with Gasteiger partial charge in [0.05, 0.1) is 6.04 Å². The second-order valence-corrected chi connectivity index (χ2v) is 7.29. The van der Waals surface area contributed by atoms with E-state index in [1.165, 1.54) is 31.2 Å². The third-order valence-electron chi connectivity index (χ3n) is 4.54. The van der Waals surface area contributed by atoms with E-state index in [9.17, 15) is 9.59 Å². The molecule has 0 radical (unpaired) electrons. The minimum absolute atomic E-state index is 0.0883. The van der Waals surface area contributed by atoms with Crippen molar-refractivity contribution in [3.05, 3.63) is 34.2 Å². The van der Waals surface area contributed by atoms with Crippen LogP contribution in [0.25, 0.3) is 0 Å². The molecule has 0 aromatic carbocycles. The van der Waals surface area contributed by atoms with Gasteiger partial charge in [0.1, 0.15) is 5.76 Å². The van der Waals surface area contributed by atoms with Gasteiger partial charge >= 0.3 is 11.8 Å². The Kier molecular flexibility index (Phi) is 6.40. The first-order valence-corrected chi connectivity index (χ1v) is 9.86. The Morgan fingerprint density at radius 1 is 1.27 bits per heavy atom. The molecule has 7 nitrogen and oxygen atoms in total. The number of carbonyl (C=O) groups is 2. The SMILES string of the molecule is Cc1cc(NC(=O)C(=O)NC[C@H](c2ccsc2)N2CCCCCC2)no1. The van der Waals surface area contributed by atoms with Crippen molar-refractivity contribution in [3.63, 3.8) is 0 Å². The van der Waals surface area contributed by atoms with Crippen LogP contribution in [0.5, 0.6) is 0 Å². The van der Waals surface area contributed by atoms with Crippen molar-refractivity contribution in [2.45, 2.75) is 38.6 Å². The lowest BCUT2D eigenvalue weighted by atomic mass is 10.1. The summed E-state index contributed by atoms with van der Waals surface area (Å²) in [5.41, 5.74) is 1.18. The van der Waals surface area contributed by atoms with Gasteiger partial charge in [-0.2, -0.15) is 11.3 Å². The molecule has 2 aromatic heterocycles. The van der Waals surface area contributed by atoms with Gasteiger partial charge in [-0.05, 0) is 55.2 Å². The molecule has 0 unspecified atom stereocenters. The average molecular weight is 376 g/mol. The molecule has 0 aliphatic carbocycles. The van der Waals surface area contributed by atoms with Crippen LogP contribution in [0.2, 0.25) is 0 Å². The second-order valence-electron chi connectivity index (χ2n) is 6.51. The van der Waals surface area contributed by atoms with Gasteiger partial charge < -0.3 is 9.84 Å². The Hall–Kier alpha value is -2.19. The average Bonchev–Trinajstić information content (AvgIpc) is 3.21. The van der Waals surface area contributed by atoms with Gasteiger partial charge in [-0.25, -0.2) is 0 Å². The highest BCUT2D eigenvalue weighted by Crippen LogP contribution is 2.25. The van der Waals surface area contributed by atoms with Crippen LogP contribution in [0.1, 0.15) is 43.0 Å². The first-order chi connectivity index (χ1) is 12.6. The minimum atomic E-state index is -0.738. The molecule has 0 spiro atoms. The maximum Gasteiger partial charge on any atom is 0.314 e. The number of likely N-dealkylation sites (tertiary alicyclic amines) is 1. The maximum absolute atomic E-state index is 12.2. The van der Waals surface area contributed by atoms with Gasteiger partial charge in [0, 0.05) is 12.6 Å². The second kappa shape index (κ2) is 8.95. The fraction of sp³-hybridized carbons (Fsp3) is 0.500. The van der Waals surface area contributed by atoms with Gasteiger partial charge in [-0.15, -0.1) is 0 Å². The molecule has 3 rings (SSSR count). The lowest BCUT2D eigenvalue weighted by Gasteiger charge is -2.30. The predicted molar refractivity (Wildman–Crippen MR) is 100.0 cm³/mol. The molecule has 26 heavy (non-hydrogen) atoms. The van der Waals surface area contributed by atoms with Gasteiger partial charge in [0.25, 0.3) is 0 Å². The Labute approximate surface area is 156 Å². The smallest absolute Gasteiger partial charge is 0.314 e. The molecule has 0 bridgehead atoms. The largest absolute Gasteiger partial charge is 0.360 e. The number of hydrogen-bond acceptors (Lipinski definition) is 6. The number of aryl methyl sites for hydroxylation is 1. The summed E-state index contributed by atoms with van der Waals surface area (Å²) in [4.78, 5) is 26.6. The van der Waals surface area contributed by atoms with Gasteiger partial charge in [0.15, 0.2) is 5.82 Å². The van der Waals surface area contributed by atoms with Crippen molar-refractivity contribution < 1.29 is 14.1 Å². The number of anilines is 1. The summed E-state index contributed by atoms with van der Waals surface area (Å²) in [6.45, 7) is 4.15. The summed E-state index contributed by atoms with van der Waals surface area (Å²) in [7, 11) is 0. The van der Waals surface area contributed by atoms with E-state index in [1.807, 2.05) is 5.38 Å². The van der Waals surface area contributed by atoms with E-state index in [0.717, 1.165) is 13.1 Å². The molecule has 140 valence electrons. The van der Waals surface area contributed by atoms with Crippen LogP contribution in [0.4, 0.5) is 5.82 Å². The standard InChI is InChI=1S/C18H24N4O3S/c1-13-10-16(21-25-13)20-18(24)17(23)19-11-15(14-6-9-26-12-14)22-7-4-2-3-5-8-22/h6,9-10,12,15H,2-5,7-8,11H2,1H3,(H,19,23)(H,20,21,24)/t15-/m1/s1. The molecule has 8 heteroatoms. The molecule has 1 atom stereocenters. The number of thiophene rings is 1. The normalized spacial score (nSPS) is 16.7. The van der Waals surface area contributed by atoms with Crippen LogP contribution in [0, 0.1) is 6.92 Å². The predicted octanol–water partition coefficient (Wildman–Crippen LogP) is 2.72. The fourth-order valence-corrected chi connectivity index (χ4v) is 3.90. The Morgan fingerprint density at radius 2 is 2.04 bits per heavy atom. The fourth-order valence-electron chi connectivity index (χ4n) is 3.20. The summed E-state index contributed by atoms with van der Waals surface area (Å²) < 4.78 is 4.88. The summed E-state index contributed by atoms with van der Waals surface area (Å²) in [6.07, 6.45) is 4.83. The summed E-state index contributed by atoms with van der Waals surface area (Å²) >= 11 is 1.64. The highest BCUT2D eigenvalue weighted by molar-refractivity contribution is 7.08. The molecule has 3 heterocycles. The number of nitrogens with zero attached hydrogens (tertiary/aromatic N) is 2. The highest BCUT2D eigenvalue weighted by atomic mass is 32.1. The van der Waals surface area contributed by atoms with E-state index < -0.39 is 11.8 Å². The van der Waals surface area contributed by atoms with Crippen molar-refractivity contribution in [1.29, 1.82) is 0 Å².